The predicted molar refractivity (Wildman–Crippen MR) is 75.7 cm³/mol. The fourth-order valence-electron chi connectivity index (χ4n) is 1.01. The highest BCUT2D eigenvalue weighted by atomic mass is 16.4. The van der Waals surface area contributed by atoms with E-state index in [9.17, 15) is 4.79 Å². The minimum Gasteiger partial charge on any atom is -0.423 e. The summed E-state index contributed by atoms with van der Waals surface area (Å²) < 4.78 is 0. The number of amides is 1. The lowest BCUT2D eigenvalue weighted by Crippen LogP contribution is -2.30. The van der Waals surface area contributed by atoms with E-state index in [1.54, 1.807) is 25.1 Å². The van der Waals surface area contributed by atoms with Crippen LogP contribution in [0.4, 0.5) is 5.69 Å². The Morgan fingerprint density at radius 3 is 2.39 bits per heavy atom. The molecule has 3 N–H and O–H groups in total. The first-order chi connectivity index (χ1) is 8.42. The number of carbonyl (C=O) groups excluding carboxylic acids is 1. The number of anilines is 1. The second kappa shape index (κ2) is 8.50. The summed E-state index contributed by atoms with van der Waals surface area (Å²) >= 11 is 0. The van der Waals surface area contributed by atoms with Crippen molar-refractivity contribution >= 4 is 24.2 Å². The summed E-state index contributed by atoms with van der Waals surface area (Å²) in [5.74, 6) is -0.292. The van der Waals surface area contributed by atoms with Gasteiger partial charge in [-0.2, -0.15) is 0 Å². The Morgan fingerprint density at radius 2 is 1.94 bits per heavy atom. The maximum atomic E-state index is 11.3. The molecule has 0 fully saturated rings. The van der Waals surface area contributed by atoms with Crippen LogP contribution in [-0.2, 0) is 4.79 Å². The molecular formula is C13H20BNO3. The highest BCUT2D eigenvalue weighted by Crippen LogP contribution is 2.05. The fraction of sp³-hybridized carbons (Fsp3) is 0.308. The van der Waals surface area contributed by atoms with E-state index in [2.05, 4.69) is 25.7 Å². The van der Waals surface area contributed by atoms with E-state index in [0.29, 0.717) is 16.7 Å². The van der Waals surface area contributed by atoms with Crippen molar-refractivity contribution in [2.24, 2.45) is 0 Å². The van der Waals surface area contributed by atoms with Crippen LogP contribution in [0.25, 0.3) is 0 Å². The lowest BCUT2D eigenvalue weighted by Gasteiger charge is -2.06. The summed E-state index contributed by atoms with van der Waals surface area (Å²) in [6, 6.07) is 6.34. The molecule has 0 bridgehead atoms. The lowest BCUT2D eigenvalue weighted by molar-refractivity contribution is -0.112. The fourth-order valence-corrected chi connectivity index (χ4v) is 1.01. The molecule has 0 radical (unpaired) electrons. The number of nitrogens with one attached hydrogen (secondary N) is 1. The van der Waals surface area contributed by atoms with Gasteiger partial charge in [0.05, 0.1) is 0 Å². The molecule has 1 amide bonds. The number of rotatable bonds is 3. The molecule has 4 nitrogen and oxygen atoms in total. The molecular weight excluding hydrogens is 229 g/mol. The third-order valence-corrected chi connectivity index (χ3v) is 1.83. The first-order valence-corrected chi connectivity index (χ1v) is 5.85. The van der Waals surface area contributed by atoms with Crippen LogP contribution in [0.1, 0.15) is 27.2 Å². The molecule has 5 heteroatoms. The molecule has 1 aromatic carbocycles. The molecule has 0 unspecified atom stereocenters. The molecule has 0 aliphatic carbocycles. The molecule has 98 valence electrons. The topological polar surface area (TPSA) is 69.6 Å². The van der Waals surface area contributed by atoms with Crippen molar-refractivity contribution in [3.8, 4) is 0 Å². The SMILES string of the molecule is C=C(C)C(=O)Nc1cccc(B(O)O)c1.CCC. The lowest BCUT2D eigenvalue weighted by atomic mass is 9.80. The van der Waals surface area contributed by atoms with Gasteiger partial charge in [0, 0.05) is 11.3 Å². The standard InChI is InChI=1S/C10H12BNO3.C3H8/c1-7(2)10(13)12-9-5-3-4-8(6-9)11(14)15;1-3-2/h3-6,14-15H,1H2,2H3,(H,12,13);3H2,1-2H3. The van der Waals surface area contributed by atoms with E-state index in [-0.39, 0.29) is 5.91 Å². The number of carbonyl (C=O) groups is 1. The zero-order valence-corrected chi connectivity index (χ0v) is 11.1. The molecule has 0 spiro atoms. The van der Waals surface area contributed by atoms with E-state index < -0.39 is 7.12 Å². The molecule has 1 aromatic rings. The van der Waals surface area contributed by atoms with Crippen molar-refractivity contribution < 1.29 is 14.8 Å². The minimum atomic E-state index is -1.54. The number of benzene rings is 1. The van der Waals surface area contributed by atoms with Crippen LogP contribution < -0.4 is 10.8 Å². The van der Waals surface area contributed by atoms with Gasteiger partial charge in [0.25, 0.3) is 5.91 Å². The molecule has 0 saturated heterocycles. The van der Waals surface area contributed by atoms with Crippen molar-refractivity contribution in [1.29, 1.82) is 0 Å². The third-order valence-electron chi connectivity index (χ3n) is 1.83. The maximum Gasteiger partial charge on any atom is 0.488 e. The van der Waals surface area contributed by atoms with Gasteiger partial charge in [-0.1, -0.05) is 39.0 Å². The average Bonchev–Trinajstić information content (AvgIpc) is 2.30. The van der Waals surface area contributed by atoms with Gasteiger partial charge < -0.3 is 15.4 Å². The Labute approximate surface area is 108 Å². The first kappa shape index (κ1) is 16.4. The van der Waals surface area contributed by atoms with Crippen LogP contribution in [0.3, 0.4) is 0 Å². The highest BCUT2D eigenvalue weighted by molar-refractivity contribution is 6.58. The van der Waals surface area contributed by atoms with Crippen molar-refractivity contribution in [3.63, 3.8) is 0 Å². The molecule has 0 aliphatic rings. The molecule has 0 saturated carbocycles. The van der Waals surface area contributed by atoms with Crippen LogP contribution in [0, 0.1) is 0 Å². The summed E-state index contributed by atoms with van der Waals surface area (Å²) in [6.07, 6.45) is 1.25. The normalized spacial score (nSPS) is 8.94. The Kier molecular flexibility index (Phi) is 7.75. The van der Waals surface area contributed by atoms with Crippen molar-refractivity contribution in [2.45, 2.75) is 27.2 Å². The Morgan fingerprint density at radius 1 is 1.39 bits per heavy atom. The molecule has 0 heterocycles. The number of hydrogen-bond acceptors (Lipinski definition) is 3. The molecule has 0 aromatic heterocycles. The second-order valence-electron chi connectivity index (χ2n) is 3.94. The molecule has 18 heavy (non-hydrogen) atoms. The zero-order chi connectivity index (χ0) is 14.1. The first-order valence-electron chi connectivity index (χ1n) is 5.85. The van der Waals surface area contributed by atoms with Gasteiger partial charge in [-0.3, -0.25) is 4.79 Å². The predicted octanol–water partition coefficient (Wildman–Crippen LogP) is 1.30. The maximum absolute atomic E-state index is 11.3. The zero-order valence-electron chi connectivity index (χ0n) is 11.1. The van der Waals surface area contributed by atoms with E-state index in [1.165, 1.54) is 12.5 Å². The smallest absolute Gasteiger partial charge is 0.423 e. The van der Waals surface area contributed by atoms with Crippen LogP contribution in [-0.4, -0.2) is 23.1 Å². The number of hydrogen-bond donors (Lipinski definition) is 3. The third kappa shape index (κ3) is 6.22. The Balaban J connectivity index is 0.000000873. The minimum absolute atomic E-state index is 0.292. The molecule has 0 atom stereocenters. The van der Waals surface area contributed by atoms with E-state index in [0.717, 1.165) is 0 Å². The van der Waals surface area contributed by atoms with Gasteiger partial charge >= 0.3 is 7.12 Å². The van der Waals surface area contributed by atoms with Crippen molar-refractivity contribution in [3.05, 3.63) is 36.4 Å². The Bertz CT molecular complexity index is 405. The summed E-state index contributed by atoms with van der Waals surface area (Å²) in [6.45, 7) is 9.35. The molecule has 0 aliphatic heterocycles. The largest absolute Gasteiger partial charge is 0.488 e. The van der Waals surface area contributed by atoms with Crippen LogP contribution in [0.2, 0.25) is 0 Å². The summed E-state index contributed by atoms with van der Waals surface area (Å²) in [5.41, 5.74) is 1.23. The highest BCUT2D eigenvalue weighted by Gasteiger charge is 2.11. The molecule has 1 rings (SSSR count). The van der Waals surface area contributed by atoms with Crippen molar-refractivity contribution in [1.82, 2.24) is 0 Å². The van der Waals surface area contributed by atoms with Crippen LogP contribution in [0.5, 0.6) is 0 Å². The second-order valence-corrected chi connectivity index (χ2v) is 3.94. The van der Waals surface area contributed by atoms with E-state index >= 15 is 0 Å². The summed E-state index contributed by atoms with van der Waals surface area (Å²) in [5, 5.41) is 20.4. The van der Waals surface area contributed by atoms with Gasteiger partial charge in [0.1, 0.15) is 0 Å². The van der Waals surface area contributed by atoms with Gasteiger partial charge in [-0.15, -0.1) is 0 Å². The summed E-state index contributed by atoms with van der Waals surface area (Å²) in [7, 11) is -1.54. The van der Waals surface area contributed by atoms with Crippen LogP contribution in [0.15, 0.2) is 36.4 Å². The Hall–Kier alpha value is -1.59. The summed E-state index contributed by atoms with van der Waals surface area (Å²) in [4.78, 5) is 11.3. The van der Waals surface area contributed by atoms with Gasteiger partial charge in [0.15, 0.2) is 0 Å². The van der Waals surface area contributed by atoms with Gasteiger partial charge in [-0.05, 0) is 24.5 Å². The van der Waals surface area contributed by atoms with E-state index in [4.69, 9.17) is 10.0 Å². The van der Waals surface area contributed by atoms with Gasteiger partial charge in [-0.25, -0.2) is 0 Å². The van der Waals surface area contributed by atoms with Crippen LogP contribution >= 0.6 is 0 Å². The monoisotopic (exact) mass is 249 g/mol. The quantitative estimate of drug-likeness (QED) is 0.558. The van der Waals surface area contributed by atoms with E-state index in [1.807, 2.05) is 0 Å². The average molecular weight is 249 g/mol. The van der Waals surface area contributed by atoms with Gasteiger partial charge in [0.2, 0.25) is 0 Å². The van der Waals surface area contributed by atoms with Crippen molar-refractivity contribution in [2.75, 3.05) is 5.32 Å².